The maximum absolute atomic E-state index is 12.5. The Bertz CT molecular complexity index is 851. The molecule has 0 aromatic heterocycles. The van der Waals surface area contributed by atoms with Crippen LogP contribution in [0.2, 0.25) is 0 Å². The molecule has 35 heavy (non-hydrogen) atoms. The maximum Gasteiger partial charge on any atom is 0.123 e. The number of halogens is 1. The van der Waals surface area contributed by atoms with E-state index in [-0.39, 0.29) is 18.7 Å². The van der Waals surface area contributed by atoms with Crippen LogP contribution in [0.1, 0.15) is 86.4 Å². The number of benzene rings is 3. The molecule has 0 aliphatic heterocycles. The van der Waals surface area contributed by atoms with Crippen LogP contribution in [0, 0.1) is 22.1 Å². The molecule has 0 atom stereocenters. The first-order valence-corrected chi connectivity index (χ1v) is 12.5. The van der Waals surface area contributed by atoms with Gasteiger partial charge in [-0.25, -0.2) is 4.39 Å². The molecule has 3 rings (SSSR count). The fourth-order valence-electron chi connectivity index (χ4n) is 3.63. The molecule has 0 heterocycles. The first kappa shape index (κ1) is 32.6. The summed E-state index contributed by atoms with van der Waals surface area (Å²) in [5.41, 5.74) is 5.14. The van der Waals surface area contributed by atoms with E-state index in [1.165, 1.54) is 28.8 Å². The van der Waals surface area contributed by atoms with Gasteiger partial charge >= 0.3 is 0 Å². The lowest BCUT2D eigenvalue weighted by Crippen LogP contribution is -2.08. The van der Waals surface area contributed by atoms with Gasteiger partial charge in [0.25, 0.3) is 0 Å². The van der Waals surface area contributed by atoms with E-state index in [2.05, 4.69) is 123 Å². The molecule has 0 fully saturated rings. The van der Waals surface area contributed by atoms with Crippen molar-refractivity contribution >= 4 is 0 Å². The molecule has 0 saturated carbocycles. The normalized spacial score (nSPS) is 11.3. The van der Waals surface area contributed by atoms with Crippen LogP contribution in [0.4, 0.5) is 4.39 Å². The largest absolute Gasteiger partial charge is 0.207 e. The third-order valence-corrected chi connectivity index (χ3v) is 4.80. The second kappa shape index (κ2) is 14.9. The summed E-state index contributed by atoms with van der Waals surface area (Å²) in [4.78, 5) is 0. The summed E-state index contributed by atoms with van der Waals surface area (Å²) in [6.07, 6.45) is 3.31. The van der Waals surface area contributed by atoms with E-state index in [1.54, 1.807) is 0 Å². The van der Waals surface area contributed by atoms with Crippen molar-refractivity contribution in [3.63, 3.8) is 0 Å². The molecule has 0 spiro atoms. The minimum atomic E-state index is -0.160. The summed E-state index contributed by atoms with van der Waals surface area (Å²) < 4.78 is 12.5. The first-order chi connectivity index (χ1) is 15.6. The summed E-state index contributed by atoms with van der Waals surface area (Å²) >= 11 is 0. The van der Waals surface area contributed by atoms with Crippen LogP contribution < -0.4 is 0 Å². The number of hydrogen-bond donors (Lipinski definition) is 0. The molecule has 0 radical (unpaired) electrons. The van der Waals surface area contributed by atoms with Crippen LogP contribution >= 0.6 is 0 Å². The lowest BCUT2D eigenvalue weighted by atomic mass is 9.88. The number of rotatable bonds is 3. The average Bonchev–Trinajstić information content (AvgIpc) is 2.69. The zero-order valence-corrected chi connectivity index (χ0v) is 23.1. The Labute approximate surface area is 217 Å². The molecule has 0 nitrogen and oxygen atoms in total. The van der Waals surface area contributed by atoms with Gasteiger partial charge in [0, 0.05) is 0 Å². The zero-order chi connectivity index (χ0) is 25.8. The van der Waals surface area contributed by atoms with Gasteiger partial charge < -0.3 is 0 Å². The lowest BCUT2D eigenvalue weighted by molar-refractivity contribution is 0.410. The monoisotopic (exact) mass is 478 g/mol. The Morgan fingerprint density at radius 2 is 0.686 bits per heavy atom. The Morgan fingerprint density at radius 3 is 0.943 bits per heavy atom. The van der Waals surface area contributed by atoms with E-state index in [4.69, 9.17) is 0 Å². The van der Waals surface area contributed by atoms with Crippen molar-refractivity contribution in [1.29, 1.82) is 0 Å². The summed E-state index contributed by atoms with van der Waals surface area (Å²) in [6.45, 7) is 20.1. The molecular weight excluding hydrogens is 427 g/mol. The Balaban J connectivity index is 0.000000489. The highest BCUT2D eigenvalue weighted by molar-refractivity contribution is 5.18. The quantitative estimate of drug-likeness (QED) is 0.351. The van der Waals surface area contributed by atoms with Gasteiger partial charge in [0.1, 0.15) is 5.82 Å². The molecular formula is C34H51F. The highest BCUT2D eigenvalue weighted by atomic mass is 19.1. The van der Waals surface area contributed by atoms with Gasteiger partial charge in [-0.3, -0.25) is 0 Å². The molecule has 0 aliphatic rings. The minimum absolute atomic E-state index is 0. The molecule has 3 aromatic carbocycles. The fourth-order valence-corrected chi connectivity index (χ4v) is 3.63. The smallest absolute Gasteiger partial charge is 0.123 e. The van der Waals surface area contributed by atoms with E-state index < -0.39 is 0 Å². The maximum atomic E-state index is 12.5. The molecule has 0 aliphatic carbocycles. The predicted octanol–water partition coefficient (Wildman–Crippen LogP) is 10.6. The molecule has 0 amide bonds. The van der Waals surface area contributed by atoms with Crippen molar-refractivity contribution in [2.75, 3.05) is 0 Å². The van der Waals surface area contributed by atoms with Crippen molar-refractivity contribution in [3.05, 3.63) is 107 Å². The van der Waals surface area contributed by atoms with Crippen LogP contribution in [0.15, 0.2) is 84.9 Å². The first-order valence-electron chi connectivity index (χ1n) is 12.5. The summed E-state index contributed by atoms with van der Waals surface area (Å²) in [5, 5.41) is 0. The van der Waals surface area contributed by atoms with Crippen molar-refractivity contribution in [3.8, 4) is 0 Å². The van der Waals surface area contributed by atoms with E-state index in [1.807, 2.05) is 12.1 Å². The molecule has 3 aromatic rings. The van der Waals surface area contributed by atoms with Crippen LogP contribution in [-0.2, 0) is 19.3 Å². The average molecular weight is 479 g/mol. The Morgan fingerprint density at radius 1 is 0.429 bits per heavy atom. The van der Waals surface area contributed by atoms with Crippen LogP contribution in [0.3, 0.4) is 0 Å². The molecule has 0 N–H and O–H groups in total. The minimum Gasteiger partial charge on any atom is -0.207 e. The van der Waals surface area contributed by atoms with Gasteiger partial charge in [-0.05, 0) is 64.3 Å². The van der Waals surface area contributed by atoms with E-state index in [0.717, 1.165) is 19.3 Å². The summed E-state index contributed by atoms with van der Waals surface area (Å²) in [7, 11) is 0. The molecule has 0 bridgehead atoms. The number of hydrogen-bond acceptors (Lipinski definition) is 0. The predicted molar refractivity (Wildman–Crippen MR) is 155 cm³/mol. The molecule has 1 heteroatoms. The summed E-state index contributed by atoms with van der Waals surface area (Å²) in [6, 6.07) is 28.0. The highest BCUT2D eigenvalue weighted by Gasteiger charge is 2.11. The van der Waals surface area contributed by atoms with Gasteiger partial charge in [0.2, 0.25) is 0 Å². The van der Waals surface area contributed by atoms with Crippen molar-refractivity contribution in [1.82, 2.24) is 0 Å². The summed E-state index contributed by atoms with van der Waals surface area (Å²) in [5.74, 6) is -0.160. The van der Waals surface area contributed by atoms with Crippen LogP contribution in [0.25, 0.3) is 0 Å². The fraction of sp³-hybridized carbons (Fsp3) is 0.471. The van der Waals surface area contributed by atoms with E-state index in [0.29, 0.717) is 10.8 Å². The highest BCUT2D eigenvalue weighted by Crippen LogP contribution is 2.21. The van der Waals surface area contributed by atoms with E-state index in [9.17, 15) is 4.39 Å². The standard InChI is InChI=1S/C11H15F.2C11H16.CH4/c1-11(2,3)8-9-4-6-10(12)7-5-9;2*1-11(2,3)9-10-7-5-4-6-8-10;/h4-7H,8H2,1-3H3;2*4-8H,9H2,1-3H3;1H4. The Kier molecular flexibility index (Phi) is 13.8. The van der Waals surface area contributed by atoms with E-state index >= 15 is 0 Å². The second-order valence-electron chi connectivity index (χ2n) is 12.8. The van der Waals surface area contributed by atoms with Crippen LogP contribution in [0.5, 0.6) is 0 Å². The van der Waals surface area contributed by atoms with Crippen LogP contribution in [-0.4, -0.2) is 0 Å². The van der Waals surface area contributed by atoms with Gasteiger partial charge in [0.05, 0.1) is 0 Å². The topological polar surface area (TPSA) is 0 Å². The molecule has 194 valence electrons. The van der Waals surface area contributed by atoms with Crippen molar-refractivity contribution < 1.29 is 4.39 Å². The molecule has 0 saturated heterocycles. The van der Waals surface area contributed by atoms with Gasteiger partial charge in [0.15, 0.2) is 0 Å². The third-order valence-electron chi connectivity index (χ3n) is 4.80. The zero-order valence-electron chi connectivity index (χ0n) is 23.1. The van der Waals surface area contributed by atoms with Gasteiger partial charge in [-0.2, -0.15) is 0 Å². The second-order valence-corrected chi connectivity index (χ2v) is 12.8. The van der Waals surface area contributed by atoms with Gasteiger partial charge in [-0.1, -0.05) is 143 Å². The van der Waals surface area contributed by atoms with Crippen molar-refractivity contribution in [2.45, 2.75) is 89.0 Å². The SMILES string of the molecule is C.CC(C)(C)Cc1ccc(F)cc1.CC(C)(C)Cc1ccccc1.CC(C)(C)Cc1ccccc1. The molecule has 0 unspecified atom stereocenters. The third kappa shape index (κ3) is 18.6. The lowest BCUT2D eigenvalue weighted by Gasteiger charge is -2.17. The Hall–Kier alpha value is -2.41. The van der Waals surface area contributed by atoms with Gasteiger partial charge in [-0.15, -0.1) is 0 Å². The van der Waals surface area contributed by atoms with Crippen molar-refractivity contribution in [2.24, 2.45) is 16.2 Å².